The zero-order valence-corrected chi connectivity index (χ0v) is 20.9. The number of pyridine rings is 1. The van der Waals surface area contributed by atoms with Crippen molar-refractivity contribution in [1.82, 2.24) is 25.0 Å². The van der Waals surface area contributed by atoms with E-state index < -0.39 is 17.8 Å². The Morgan fingerprint density at radius 1 is 1.14 bits per heavy atom. The highest BCUT2D eigenvalue weighted by molar-refractivity contribution is 5.95. The van der Waals surface area contributed by atoms with Crippen LogP contribution in [-0.2, 0) is 0 Å². The number of piperidine rings is 1. The summed E-state index contributed by atoms with van der Waals surface area (Å²) in [5.41, 5.74) is 3.89. The number of aliphatic hydroxyl groups excluding tert-OH is 1. The highest BCUT2D eigenvalue weighted by atomic mass is 19.1. The summed E-state index contributed by atoms with van der Waals surface area (Å²) in [5, 5.41) is 21.4. The van der Waals surface area contributed by atoms with Gasteiger partial charge < -0.3 is 15.7 Å². The van der Waals surface area contributed by atoms with E-state index in [0.717, 1.165) is 42.6 Å². The molecule has 1 saturated heterocycles. The number of halogens is 1. The van der Waals surface area contributed by atoms with Gasteiger partial charge in [-0.05, 0) is 63.8 Å². The molecule has 190 valence electrons. The van der Waals surface area contributed by atoms with Gasteiger partial charge in [-0.1, -0.05) is 0 Å². The van der Waals surface area contributed by atoms with Gasteiger partial charge in [0.25, 0.3) is 5.91 Å². The van der Waals surface area contributed by atoms with Crippen LogP contribution < -0.4 is 10.6 Å². The molecule has 36 heavy (non-hydrogen) atoms. The molecule has 8 nitrogen and oxygen atoms in total. The predicted molar refractivity (Wildman–Crippen MR) is 137 cm³/mol. The molecule has 1 aromatic carbocycles. The highest BCUT2D eigenvalue weighted by Crippen LogP contribution is 2.27. The Morgan fingerprint density at radius 2 is 1.94 bits per heavy atom. The normalized spacial score (nSPS) is 20.5. The minimum atomic E-state index is -0.536. The Kier molecular flexibility index (Phi) is 6.77. The van der Waals surface area contributed by atoms with Crippen molar-refractivity contribution >= 4 is 11.6 Å². The third kappa shape index (κ3) is 5.27. The third-order valence-electron chi connectivity index (χ3n) is 7.04. The maximum Gasteiger partial charge on any atom is 0.254 e. The van der Waals surface area contributed by atoms with Crippen LogP contribution in [0.25, 0.3) is 16.8 Å². The lowest BCUT2D eigenvalue weighted by atomic mass is 10.00. The van der Waals surface area contributed by atoms with E-state index in [0.29, 0.717) is 23.8 Å². The minimum absolute atomic E-state index is 0.0227. The van der Waals surface area contributed by atoms with Gasteiger partial charge >= 0.3 is 0 Å². The lowest BCUT2D eigenvalue weighted by Gasteiger charge is -2.38. The topological polar surface area (TPSA) is 95.3 Å². The van der Waals surface area contributed by atoms with Crippen molar-refractivity contribution in [3.05, 3.63) is 59.9 Å². The Labute approximate surface area is 210 Å². The van der Waals surface area contributed by atoms with Crippen molar-refractivity contribution < 1.29 is 14.3 Å². The Bertz CT molecular complexity index is 1250. The van der Waals surface area contributed by atoms with Gasteiger partial charge in [0, 0.05) is 54.9 Å². The van der Waals surface area contributed by atoms with Crippen molar-refractivity contribution in [2.75, 3.05) is 18.4 Å². The molecule has 1 saturated carbocycles. The Hall–Kier alpha value is -3.30. The number of rotatable bonds is 7. The van der Waals surface area contributed by atoms with Gasteiger partial charge in [-0.15, -0.1) is 0 Å². The number of benzene rings is 1. The van der Waals surface area contributed by atoms with Gasteiger partial charge in [-0.25, -0.2) is 9.07 Å². The molecule has 3 N–H and O–H groups in total. The second-order valence-electron chi connectivity index (χ2n) is 10.2. The number of hydrogen-bond acceptors (Lipinski definition) is 6. The monoisotopic (exact) mass is 492 g/mol. The number of aryl methyl sites for hydroxylation is 1. The first kappa shape index (κ1) is 24.4. The van der Waals surface area contributed by atoms with Crippen molar-refractivity contribution in [1.29, 1.82) is 0 Å². The number of nitrogens with zero attached hydrogens (tertiary/aromatic N) is 4. The molecule has 0 radical (unpaired) electrons. The van der Waals surface area contributed by atoms with Gasteiger partial charge in [0.15, 0.2) is 0 Å². The fraction of sp³-hybridized carbons (Fsp3) is 0.444. The van der Waals surface area contributed by atoms with Crippen molar-refractivity contribution in [3.8, 4) is 16.8 Å². The zero-order valence-electron chi connectivity index (χ0n) is 20.9. The molecule has 0 spiro atoms. The lowest BCUT2D eigenvalue weighted by Crippen LogP contribution is -2.51. The van der Waals surface area contributed by atoms with Crippen molar-refractivity contribution in [2.24, 2.45) is 0 Å². The standard InChI is InChI=1S/C27H33FN6O2/c1-16(2)33-7-6-24(26(35)15-33)31-21-9-18(11-29-13-21)19-12-30-34(14-19)25-10-22(23(28)8-17(25)3)27(36)32-20-4-5-20/h8-14,16,20,24,26,31,35H,4-7,15H2,1-3H3,(H,32,36). The average Bonchev–Trinajstić information content (AvgIpc) is 3.52. The summed E-state index contributed by atoms with van der Waals surface area (Å²) in [4.78, 5) is 19.2. The molecular formula is C27H33FN6O2. The Balaban J connectivity index is 1.33. The summed E-state index contributed by atoms with van der Waals surface area (Å²) < 4.78 is 16.2. The number of hydrogen-bond donors (Lipinski definition) is 3. The fourth-order valence-electron chi connectivity index (χ4n) is 4.66. The summed E-state index contributed by atoms with van der Waals surface area (Å²) in [5.74, 6) is -0.931. The molecule has 2 unspecified atom stereocenters. The van der Waals surface area contributed by atoms with Crippen molar-refractivity contribution in [2.45, 2.75) is 64.3 Å². The molecule has 3 aromatic rings. The smallest absolute Gasteiger partial charge is 0.254 e. The minimum Gasteiger partial charge on any atom is -0.390 e. The van der Waals surface area contributed by atoms with E-state index in [9.17, 15) is 14.3 Å². The van der Waals surface area contributed by atoms with Crippen LogP contribution in [0.4, 0.5) is 10.1 Å². The van der Waals surface area contributed by atoms with Gasteiger partial charge in [0.2, 0.25) is 0 Å². The van der Waals surface area contributed by atoms with Crippen LogP contribution in [-0.4, -0.2) is 68.0 Å². The van der Waals surface area contributed by atoms with Crippen LogP contribution in [0.5, 0.6) is 0 Å². The molecule has 1 aliphatic carbocycles. The molecule has 2 aliphatic rings. The van der Waals surface area contributed by atoms with E-state index in [1.54, 1.807) is 36.3 Å². The summed E-state index contributed by atoms with van der Waals surface area (Å²) in [6.45, 7) is 7.66. The summed E-state index contributed by atoms with van der Waals surface area (Å²) in [6, 6.07) is 5.44. The first-order valence-electron chi connectivity index (χ1n) is 12.6. The second kappa shape index (κ2) is 9.99. The molecule has 1 aliphatic heterocycles. The van der Waals surface area contributed by atoms with Gasteiger partial charge in [0.1, 0.15) is 5.82 Å². The van der Waals surface area contributed by atoms with Crippen LogP contribution in [0.3, 0.4) is 0 Å². The molecule has 9 heteroatoms. The van der Waals surface area contributed by atoms with Crippen LogP contribution in [0.15, 0.2) is 43.0 Å². The van der Waals surface area contributed by atoms with E-state index in [1.807, 2.05) is 12.3 Å². The van der Waals surface area contributed by atoms with Crippen LogP contribution in [0, 0.1) is 12.7 Å². The first-order chi connectivity index (χ1) is 17.3. The number of carbonyl (C=O) groups excluding carboxylic acids is 1. The summed E-state index contributed by atoms with van der Waals surface area (Å²) in [7, 11) is 0. The molecule has 5 rings (SSSR count). The molecule has 2 fully saturated rings. The van der Waals surface area contributed by atoms with Gasteiger partial charge in [0.05, 0.1) is 35.3 Å². The first-order valence-corrected chi connectivity index (χ1v) is 12.6. The van der Waals surface area contributed by atoms with Crippen LogP contribution >= 0.6 is 0 Å². The molecule has 2 aromatic heterocycles. The van der Waals surface area contributed by atoms with E-state index >= 15 is 0 Å². The maximum atomic E-state index is 14.5. The van der Waals surface area contributed by atoms with Crippen LogP contribution in [0.2, 0.25) is 0 Å². The Morgan fingerprint density at radius 3 is 2.67 bits per heavy atom. The predicted octanol–water partition coefficient (Wildman–Crippen LogP) is 3.53. The number of β-amino-alcohol motifs (C(OH)–C–C–N with tert-alkyl or cyclic N) is 1. The van der Waals surface area contributed by atoms with E-state index in [4.69, 9.17) is 0 Å². The number of amides is 1. The molecular weight excluding hydrogens is 459 g/mol. The SMILES string of the molecule is Cc1cc(F)c(C(=O)NC2CC2)cc1-n1cc(-c2cncc(NC3CCN(C(C)C)CC3O)c2)cn1. The highest BCUT2D eigenvalue weighted by Gasteiger charge is 2.29. The summed E-state index contributed by atoms with van der Waals surface area (Å²) in [6.07, 6.45) is 9.35. The molecule has 2 atom stereocenters. The number of aliphatic hydroxyl groups is 1. The van der Waals surface area contributed by atoms with Gasteiger partial charge in [-0.2, -0.15) is 5.10 Å². The lowest BCUT2D eigenvalue weighted by molar-refractivity contribution is 0.0449. The quantitative estimate of drug-likeness (QED) is 0.467. The summed E-state index contributed by atoms with van der Waals surface area (Å²) >= 11 is 0. The van der Waals surface area contributed by atoms with E-state index in [2.05, 4.69) is 39.5 Å². The number of likely N-dealkylation sites (tertiary alicyclic amines) is 1. The molecule has 0 bridgehead atoms. The van der Waals surface area contributed by atoms with Crippen molar-refractivity contribution in [3.63, 3.8) is 0 Å². The zero-order chi connectivity index (χ0) is 25.4. The molecule has 1 amide bonds. The van der Waals surface area contributed by atoms with Crippen LogP contribution in [0.1, 0.15) is 49.0 Å². The largest absolute Gasteiger partial charge is 0.390 e. The fourth-order valence-corrected chi connectivity index (χ4v) is 4.66. The van der Waals surface area contributed by atoms with E-state index in [-0.39, 0.29) is 17.6 Å². The number of carbonyl (C=O) groups is 1. The maximum absolute atomic E-state index is 14.5. The van der Waals surface area contributed by atoms with E-state index in [1.165, 1.54) is 6.07 Å². The third-order valence-corrected chi connectivity index (χ3v) is 7.04. The second-order valence-corrected chi connectivity index (χ2v) is 10.2. The van der Waals surface area contributed by atoms with Gasteiger partial charge in [-0.3, -0.25) is 14.7 Å². The number of nitrogens with one attached hydrogen (secondary N) is 2. The molecule has 3 heterocycles. The number of aromatic nitrogens is 3. The number of anilines is 1. The average molecular weight is 493 g/mol.